The van der Waals surface area contributed by atoms with Crippen LogP contribution in [0.1, 0.15) is 38.2 Å². The molecular weight excluding hydrogens is 491 g/mol. The Morgan fingerprint density at radius 1 is 1.08 bits per heavy atom. The van der Waals surface area contributed by atoms with Crippen LogP contribution in [0.2, 0.25) is 0 Å². The Labute approximate surface area is 219 Å². The van der Waals surface area contributed by atoms with Gasteiger partial charge in [0.1, 0.15) is 5.82 Å². The highest BCUT2D eigenvalue weighted by Gasteiger charge is 2.34. The molecule has 9 heteroatoms. The predicted molar refractivity (Wildman–Crippen MR) is 140 cm³/mol. The third-order valence-corrected chi connectivity index (χ3v) is 6.44. The molecule has 4 rings (SSSR count). The maximum absolute atomic E-state index is 13.9. The molecule has 2 N–H and O–H groups in total. The summed E-state index contributed by atoms with van der Waals surface area (Å²) in [6.45, 7) is 10.6. The number of carbonyl (C=O) groups is 1. The summed E-state index contributed by atoms with van der Waals surface area (Å²) >= 11 is 0. The number of aromatic nitrogens is 1. The number of likely N-dealkylation sites (N-methyl/N-ethyl adjacent to an activating group) is 1. The number of ketones is 1. The van der Waals surface area contributed by atoms with E-state index < -0.39 is 11.7 Å². The van der Waals surface area contributed by atoms with Gasteiger partial charge < -0.3 is 10.6 Å². The van der Waals surface area contributed by atoms with Gasteiger partial charge >= 0.3 is 6.18 Å². The topological polar surface area (TPSA) is 66.8 Å². The molecule has 1 saturated heterocycles. The Morgan fingerprint density at radius 2 is 1.82 bits per heavy atom. The lowest BCUT2D eigenvalue weighted by molar-refractivity contribution is -0.138. The van der Waals surface area contributed by atoms with Gasteiger partial charge in [-0.3, -0.25) is 9.69 Å². The van der Waals surface area contributed by atoms with Crippen LogP contribution >= 0.6 is 0 Å². The molecule has 0 saturated carbocycles. The van der Waals surface area contributed by atoms with Gasteiger partial charge in [0.2, 0.25) is 5.69 Å². The van der Waals surface area contributed by atoms with Crippen LogP contribution < -0.4 is 5.73 Å². The summed E-state index contributed by atoms with van der Waals surface area (Å²) in [6, 6.07) is 12.0. The van der Waals surface area contributed by atoms with Gasteiger partial charge in [0.15, 0.2) is 5.78 Å². The highest BCUT2D eigenvalue weighted by Crippen LogP contribution is 2.34. The van der Waals surface area contributed by atoms with Crippen LogP contribution in [0.5, 0.6) is 0 Å². The second-order valence-electron chi connectivity index (χ2n) is 9.20. The predicted octanol–water partition coefficient (Wildman–Crippen LogP) is 4.81. The number of halogens is 3. The van der Waals surface area contributed by atoms with Crippen LogP contribution in [0, 0.1) is 18.4 Å². The van der Waals surface area contributed by atoms with E-state index in [0.717, 1.165) is 19.2 Å². The number of piperazine rings is 1. The number of pyridine rings is 1. The van der Waals surface area contributed by atoms with Gasteiger partial charge in [-0.1, -0.05) is 36.1 Å². The van der Waals surface area contributed by atoms with Crippen molar-refractivity contribution in [1.29, 1.82) is 0 Å². The van der Waals surface area contributed by atoms with Gasteiger partial charge in [0.25, 0.3) is 0 Å². The van der Waals surface area contributed by atoms with Crippen LogP contribution in [0.25, 0.3) is 4.85 Å². The summed E-state index contributed by atoms with van der Waals surface area (Å²) in [4.78, 5) is 24.6. The highest BCUT2D eigenvalue weighted by atomic mass is 19.4. The van der Waals surface area contributed by atoms with E-state index >= 15 is 0 Å². The average molecular weight is 518 g/mol. The molecule has 38 heavy (non-hydrogen) atoms. The number of benzene rings is 2. The molecule has 1 fully saturated rings. The highest BCUT2D eigenvalue weighted by molar-refractivity contribution is 5.98. The minimum atomic E-state index is -4.53. The van der Waals surface area contributed by atoms with E-state index in [1.54, 1.807) is 18.2 Å². The van der Waals surface area contributed by atoms with Gasteiger partial charge in [-0.05, 0) is 42.4 Å². The lowest BCUT2D eigenvalue weighted by Gasteiger charge is -2.33. The van der Waals surface area contributed by atoms with Crippen molar-refractivity contribution in [2.45, 2.75) is 19.1 Å². The molecule has 2 heterocycles. The fourth-order valence-corrected chi connectivity index (χ4v) is 4.23. The maximum Gasteiger partial charge on any atom is 0.416 e. The van der Waals surface area contributed by atoms with Crippen molar-refractivity contribution >= 4 is 17.3 Å². The molecule has 0 spiro atoms. The van der Waals surface area contributed by atoms with Gasteiger partial charge in [0.05, 0.1) is 17.7 Å². The molecule has 2 aromatic carbocycles. The quantitative estimate of drug-likeness (QED) is 0.299. The zero-order chi connectivity index (χ0) is 27.3. The monoisotopic (exact) mass is 517 g/mol. The Morgan fingerprint density at radius 3 is 2.50 bits per heavy atom. The van der Waals surface area contributed by atoms with E-state index in [9.17, 15) is 18.0 Å². The van der Waals surface area contributed by atoms with Gasteiger partial charge in [0, 0.05) is 56.5 Å². The van der Waals surface area contributed by atoms with Crippen LogP contribution in [0.15, 0.2) is 54.7 Å². The Bertz CT molecular complexity index is 1440. The fourth-order valence-electron chi connectivity index (χ4n) is 4.23. The molecule has 0 amide bonds. The van der Waals surface area contributed by atoms with Gasteiger partial charge in [-0.25, -0.2) is 9.83 Å². The van der Waals surface area contributed by atoms with Crippen LogP contribution in [-0.2, 0) is 19.1 Å². The van der Waals surface area contributed by atoms with E-state index in [1.807, 2.05) is 11.9 Å². The average Bonchev–Trinajstić information content (AvgIpc) is 2.89. The van der Waals surface area contributed by atoms with Crippen LogP contribution in [0.3, 0.4) is 0 Å². The minimum Gasteiger partial charge on any atom is -0.383 e. The van der Waals surface area contributed by atoms with Crippen molar-refractivity contribution in [2.24, 2.45) is 0 Å². The fraction of sp³-hybridized carbons (Fsp3) is 0.276. The zero-order valence-corrected chi connectivity index (χ0v) is 20.8. The molecule has 1 aromatic heterocycles. The Hall–Kier alpha value is -4.18. The number of hydrogen-bond donors (Lipinski definition) is 1. The largest absolute Gasteiger partial charge is 0.416 e. The molecule has 0 aliphatic carbocycles. The first-order chi connectivity index (χ1) is 18.1. The lowest BCUT2D eigenvalue weighted by atomic mass is 9.96. The number of nitrogens with zero attached hydrogens (tertiary/aromatic N) is 4. The third-order valence-electron chi connectivity index (χ3n) is 6.44. The second-order valence-corrected chi connectivity index (χ2v) is 9.20. The number of alkyl halides is 3. The molecule has 3 aromatic rings. The van der Waals surface area contributed by atoms with Crippen molar-refractivity contribution < 1.29 is 18.0 Å². The molecule has 0 bridgehead atoms. The Kier molecular flexibility index (Phi) is 8.11. The zero-order valence-electron chi connectivity index (χ0n) is 20.8. The summed E-state index contributed by atoms with van der Waals surface area (Å²) in [7, 11) is 1.99. The van der Waals surface area contributed by atoms with Gasteiger partial charge in [-0.2, -0.15) is 13.2 Å². The number of rotatable bonds is 5. The summed E-state index contributed by atoms with van der Waals surface area (Å²) in [6.07, 6.45) is -3.21. The van der Waals surface area contributed by atoms with Crippen molar-refractivity contribution in [3.8, 4) is 11.8 Å². The molecule has 0 atom stereocenters. The van der Waals surface area contributed by atoms with Crippen molar-refractivity contribution in [3.63, 3.8) is 0 Å². The normalized spacial score (nSPS) is 14.4. The van der Waals surface area contributed by atoms with E-state index in [4.69, 9.17) is 12.3 Å². The van der Waals surface area contributed by atoms with Crippen molar-refractivity contribution in [1.82, 2.24) is 14.8 Å². The molecular formula is C29H26F3N5O. The van der Waals surface area contributed by atoms with Crippen molar-refractivity contribution in [2.75, 3.05) is 39.0 Å². The summed E-state index contributed by atoms with van der Waals surface area (Å²) < 4.78 is 41.8. The lowest BCUT2D eigenvalue weighted by Crippen LogP contribution is -2.44. The molecule has 194 valence electrons. The Balaban J connectivity index is 1.56. The van der Waals surface area contributed by atoms with E-state index in [1.165, 1.54) is 30.5 Å². The number of carbonyl (C=O) groups excluding carboxylic acids is 1. The first kappa shape index (κ1) is 26.9. The third kappa shape index (κ3) is 6.57. The molecule has 0 radical (unpaired) electrons. The molecule has 1 aliphatic heterocycles. The molecule has 1 aliphatic rings. The number of Topliss-reactive ketones (excluding diaryl/α,β-unsaturated/α-hetero) is 1. The number of nitrogens with two attached hydrogens (primary N) is 1. The summed E-state index contributed by atoms with van der Waals surface area (Å²) in [5.41, 5.74) is 6.90. The number of hydrogen-bond acceptors (Lipinski definition) is 5. The molecule has 0 unspecified atom stereocenters. The number of anilines is 1. The first-order valence-corrected chi connectivity index (χ1v) is 12.0. The smallest absolute Gasteiger partial charge is 0.383 e. The summed E-state index contributed by atoms with van der Waals surface area (Å²) in [5.74, 6) is 5.60. The van der Waals surface area contributed by atoms with E-state index in [0.29, 0.717) is 24.2 Å². The van der Waals surface area contributed by atoms with E-state index in [-0.39, 0.29) is 46.9 Å². The minimum absolute atomic E-state index is 0.201. The first-order valence-electron chi connectivity index (χ1n) is 12.0. The SMILES string of the molecule is [C-]#[N+]c1ccc(C(=O)Cc2ccc(CN3CCN(C)CC3)c(C(F)(F)F)c2)cc1C#Cc1cccnc1N. The van der Waals surface area contributed by atoms with Crippen LogP contribution in [-0.4, -0.2) is 53.8 Å². The standard InChI is InChI=1S/C29H26F3N5O/c1-34-26-10-9-23(18-22(26)8-7-21-4-3-11-35-28(21)33)27(38)17-20-5-6-24(25(16-20)29(30,31)32)19-37-14-12-36(2)13-15-37/h3-6,9-11,16,18H,12-15,17,19H2,2H3,(H2,33,35). The summed E-state index contributed by atoms with van der Waals surface area (Å²) in [5, 5.41) is 0. The van der Waals surface area contributed by atoms with Crippen LogP contribution in [0.4, 0.5) is 24.7 Å². The van der Waals surface area contributed by atoms with Gasteiger partial charge in [-0.15, -0.1) is 0 Å². The maximum atomic E-state index is 13.9. The number of nitrogen functional groups attached to an aromatic ring is 1. The van der Waals surface area contributed by atoms with E-state index in [2.05, 4.69) is 26.6 Å². The molecule has 6 nitrogen and oxygen atoms in total. The second kappa shape index (κ2) is 11.5. The van der Waals surface area contributed by atoms with Crippen molar-refractivity contribution in [3.05, 3.63) is 99.5 Å².